The third kappa shape index (κ3) is 7.28. The van der Waals surface area contributed by atoms with Crippen LogP contribution in [0.15, 0.2) is 48.9 Å². The highest BCUT2D eigenvalue weighted by Crippen LogP contribution is 2.38. The average molecular weight is 822 g/mol. The molecule has 1 atom stereocenters. The lowest BCUT2D eigenvalue weighted by Crippen LogP contribution is -2.54. The van der Waals surface area contributed by atoms with Crippen LogP contribution in [0.5, 0.6) is 5.75 Å². The number of hydrogen-bond donors (Lipinski definition) is 2. The van der Waals surface area contributed by atoms with Gasteiger partial charge in [-0.25, -0.2) is 9.50 Å². The van der Waals surface area contributed by atoms with Gasteiger partial charge >= 0.3 is 0 Å². The number of anilines is 2. The van der Waals surface area contributed by atoms with Gasteiger partial charge in [0.15, 0.2) is 5.65 Å². The number of rotatable bonds is 9. The summed E-state index contributed by atoms with van der Waals surface area (Å²) in [5.41, 5.74) is 4.00. The summed E-state index contributed by atoms with van der Waals surface area (Å²) in [5.74, 6) is -1.52. The van der Waals surface area contributed by atoms with Crippen LogP contribution in [0, 0.1) is 5.92 Å². The molecule has 4 aromatic rings. The summed E-state index contributed by atoms with van der Waals surface area (Å²) in [5, 5.41) is 9.82. The van der Waals surface area contributed by atoms with Gasteiger partial charge in [-0.1, -0.05) is 11.6 Å². The number of carbonyl (C=O) groups excluding carboxylic acids is 6. The number of halogens is 1. The molecule has 9 rings (SSSR count). The molecule has 0 aliphatic carbocycles. The second kappa shape index (κ2) is 15.4. The summed E-state index contributed by atoms with van der Waals surface area (Å²) < 4.78 is 7.55. The van der Waals surface area contributed by atoms with Gasteiger partial charge in [-0.05, 0) is 87.8 Å². The Morgan fingerprint density at radius 1 is 0.915 bits per heavy atom. The first kappa shape index (κ1) is 38.6. The second-order valence-electron chi connectivity index (χ2n) is 16.3. The maximum atomic E-state index is 13.9. The van der Waals surface area contributed by atoms with Crippen LogP contribution in [0.25, 0.3) is 5.65 Å². The molecule has 2 aromatic carbocycles. The number of carbonyl (C=O) groups is 6. The minimum absolute atomic E-state index is 0.0256. The first-order valence-electron chi connectivity index (χ1n) is 20.2. The molecule has 2 aromatic heterocycles. The van der Waals surface area contributed by atoms with Crippen molar-refractivity contribution < 1.29 is 33.5 Å². The fourth-order valence-electron chi connectivity index (χ4n) is 9.12. The zero-order chi connectivity index (χ0) is 41.1. The number of nitrogens with one attached hydrogen (secondary N) is 2. The molecule has 6 amide bonds. The van der Waals surface area contributed by atoms with E-state index in [0.717, 1.165) is 74.6 Å². The second-order valence-corrected chi connectivity index (χ2v) is 16.7. The molecule has 59 heavy (non-hydrogen) atoms. The molecule has 0 radical (unpaired) electrons. The number of ether oxygens (including phenoxy) is 1. The Labute approximate surface area is 344 Å². The number of imide groups is 2. The predicted molar refractivity (Wildman–Crippen MR) is 216 cm³/mol. The van der Waals surface area contributed by atoms with E-state index < -0.39 is 35.6 Å². The zero-order valence-corrected chi connectivity index (χ0v) is 33.5. The number of amides is 6. The Bertz CT molecular complexity index is 2420. The molecule has 5 aliphatic rings. The molecule has 5 aliphatic heterocycles. The fourth-order valence-corrected chi connectivity index (χ4v) is 9.26. The molecule has 2 N–H and O–H groups in total. The van der Waals surface area contributed by atoms with Crippen molar-refractivity contribution in [1.29, 1.82) is 0 Å². The van der Waals surface area contributed by atoms with Crippen LogP contribution >= 0.6 is 11.6 Å². The topological polar surface area (TPSA) is 179 Å². The maximum Gasteiger partial charge on any atom is 0.262 e. The SMILES string of the molecule is CC(C)Oc1cc2c(cc1NC(=O)c1cnn3cc(Cl)cnc13)CN(C1CCN(CC3CCN(c4ccc5c(c4)C(=O)N(C4CCC(=O)NC4=O)C5=O)CC3)CC1)C2=O. The highest BCUT2D eigenvalue weighted by molar-refractivity contribution is 6.30. The average Bonchev–Trinajstić information content (AvgIpc) is 3.86. The van der Waals surface area contributed by atoms with E-state index in [9.17, 15) is 28.8 Å². The molecule has 17 heteroatoms. The van der Waals surface area contributed by atoms with Crippen LogP contribution in [0.3, 0.4) is 0 Å². The number of hydrogen-bond acceptors (Lipinski definition) is 11. The quantitative estimate of drug-likeness (QED) is 0.232. The van der Waals surface area contributed by atoms with Gasteiger partial charge in [0.2, 0.25) is 11.8 Å². The summed E-state index contributed by atoms with van der Waals surface area (Å²) in [6, 6.07) is 8.00. The largest absolute Gasteiger partial charge is 0.489 e. The van der Waals surface area contributed by atoms with Gasteiger partial charge < -0.3 is 24.8 Å². The van der Waals surface area contributed by atoms with Crippen molar-refractivity contribution in [2.45, 2.75) is 77.1 Å². The number of benzene rings is 2. The van der Waals surface area contributed by atoms with Crippen molar-refractivity contribution in [3.8, 4) is 5.75 Å². The van der Waals surface area contributed by atoms with Gasteiger partial charge in [-0.15, -0.1) is 0 Å². The number of aromatic nitrogens is 3. The van der Waals surface area contributed by atoms with Gasteiger partial charge in [-0.3, -0.25) is 39.0 Å². The van der Waals surface area contributed by atoms with E-state index in [1.54, 1.807) is 24.4 Å². The molecular formula is C42H44ClN9O7. The van der Waals surface area contributed by atoms with Gasteiger partial charge in [0.05, 0.1) is 40.3 Å². The molecule has 0 saturated carbocycles. The van der Waals surface area contributed by atoms with Crippen LogP contribution in [-0.4, -0.2) is 116 Å². The van der Waals surface area contributed by atoms with E-state index in [1.165, 1.54) is 16.9 Å². The van der Waals surface area contributed by atoms with Crippen molar-refractivity contribution >= 4 is 64.1 Å². The predicted octanol–water partition coefficient (Wildman–Crippen LogP) is 4.16. The number of fused-ring (bicyclic) bond motifs is 3. The highest BCUT2D eigenvalue weighted by atomic mass is 35.5. The minimum Gasteiger partial charge on any atom is -0.489 e. The van der Waals surface area contributed by atoms with E-state index in [4.69, 9.17) is 16.3 Å². The molecule has 16 nitrogen and oxygen atoms in total. The van der Waals surface area contributed by atoms with Gasteiger partial charge in [0.1, 0.15) is 17.4 Å². The molecule has 3 saturated heterocycles. The summed E-state index contributed by atoms with van der Waals surface area (Å²) in [7, 11) is 0. The standard InChI is InChI=1S/C42H44ClN9O7/c1-23(2)59-35-17-30-25(15-33(35)46-38(54)32-19-45-51-22-26(43)18-44-37(32)51)21-50(40(30)56)27-9-11-48(12-10-27)20-24-7-13-49(14-8-24)28-3-4-29-31(16-28)42(58)52(41(29)57)34-5-6-36(53)47-39(34)55/h3-4,15-19,22-24,27,34H,5-14,20-21H2,1-2H3,(H,46,54)(H,47,53,55). The van der Waals surface area contributed by atoms with Crippen LogP contribution in [0.1, 0.15) is 99.4 Å². The van der Waals surface area contributed by atoms with Crippen molar-refractivity contribution in [3.63, 3.8) is 0 Å². The number of nitrogens with zero attached hydrogens (tertiary/aromatic N) is 7. The first-order valence-corrected chi connectivity index (χ1v) is 20.6. The molecule has 7 heterocycles. The lowest BCUT2D eigenvalue weighted by atomic mass is 9.94. The van der Waals surface area contributed by atoms with Gasteiger partial charge in [0, 0.05) is 69.2 Å². The highest BCUT2D eigenvalue weighted by Gasteiger charge is 2.45. The molecular weight excluding hydrogens is 778 g/mol. The van der Waals surface area contributed by atoms with Gasteiger partial charge in [-0.2, -0.15) is 5.10 Å². The third-order valence-electron chi connectivity index (χ3n) is 12.1. The fraction of sp³-hybridized carbons (Fsp3) is 0.429. The summed E-state index contributed by atoms with van der Waals surface area (Å²) in [4.78, 5) is 89.9. The van der Waals surface area contributed by atoms with Crippen LogP contribution in [0.2, 0.25) is 5.02 Å². The Morgan fingerprint density at radius 3 is 2.42 bits per heavy atom. The van der Waals surface area contributed by atoms with Crippen molar-refractivity contribution in [2.24, 2.45) is 5.92 Å². The lowest BCUT2D eigenvalue weighted by molar-refractivity contribution is -0.136. The van der Waals surface area contributed by atoms with E-state index >= 15 is 0 Å². The third-order valence-corrected chi connectivity index (χ3v) is 12.3. The van der Waals surface area contributed by atoms with E-state index in [0.29, 0.717) is 45.7 Å². The smallest absolute Gasteiger partial charge is 0.262 e. The Hall–Kier alpha value is -5.87. The molecule has 3 fully saturated rings. The van der Waals surface area contributed by atoms with Crippen molar-refractivity contribution in [3.05, 3.63) is 81.8 Å². The minimum atomic E-state index is -0.987. The lowest BCUT2D eigenvalue weighted by Gasteiger charge is -2.40. The molecule has 306 valence electrons. The van der Waals surface area contributed by atoms with E-state index in [1.807, 2.05) is 30.9 Å². The summed E-state index contributed by atoms with van der Waals surface area (Å²) >= 11 is 6.05. The first-order chi connectivity index (χ1) is 28.4. The molecule has 1 unspecified atom stereocenters. The van der Waals surface area contributed by atoms with E-state index in [-0.39, 0.29) is 42.0 Å². The normalized spacial score (nSPS) is 20.5. The number of likely N-dealkylation sites (tertiary alicyclic amines) is 1. The van der Waals surface area contributed by atoms with Crippen LogP contribution < -0.4 is 20.3 Å². The molecule has 0 bridgehead atoms. The van der Waals surface area contributed by atoms with Crippen molar-refractivity contribution in [1.82, 2.24) is 34.6 Å². The van der Waals surface area contributed by atoms with E-state index in [2.05, 4.69) is 30.5 Å². The van der Waals surface area contributed by atoms with Crippen LogP contribution in [-0.2, 0) is 16.1 Å². The van der Waals surface area contributed by atoms with Crippen molar-refractivity contribution in [2.75, 3.05) is 42.9 Å². The Morgan fingerprint density at radius 2 is 1.68 bits per heavy atom. The Balaban J connectivity index is 0.787. The van der Waals surface area contributed by atoms with Crippen LogP contribution in [0.4, 0.5) is 11.4 Å². The summed E-state index contributed by atoms with van der Waals surface area (Å²) in [6.45, 7) is 8.62. The number of piperidine rings is 3. The maximum absolute atomic E-state index is 13.9. The zero-order valence-electron chi connectivity index (χ0n) is 32.8. The van der Waals surface area contributed by atoms with Gasteiger partial charge in [0.25, 0.3) is 23.6 Å². The summed E-state index contributed by atoms with van der Waals surface area (Å²) in [6.07, 6.45) is 8.18. The monoisotopic (exact) mass is 821 g/mol. The Kier molecular flexibility index (Phi) is 10.1. The molecule has 0 spiro atoms.